The van der Waals surface area contributed by atoms with Crippen LogP contribution < -0.4 is 0 Å². The summed E-state index contributed by atoms with van der Waals surface area (Å²) in [7, 11) is 0. The van der Waals surface area contributed by atoms with Crippen molar-refractivity contribution in [1.29, 1.82) is 0 Å². The van der Waals surface area contributed by atoms with Crippen LogP contribution in [0.25, 0.3) is 11.1 Å². The number of rotatable bonds is 7. The Morgan fingerprint density at radius 2 is 1.84 bits per heavy atom. The van der Waals surface area contributed by atoms with Gasteiger partial charge >= 0.3 is 0 Å². The second kappa shape index (κ2) is 12.3. The van der Waals surface area contributed by atoms with Crippen LogP contribution in [0.1, 0.15) is 63.9 Å². The van der Waals surface area contributed by atoms with E-state index in [9.17, 15) is 14.3 Å². The maximum Gasteiger partial charge on any atom is 0.270 e. The van der Waals surface area contributed by atoms with Crippen LogP contribution in [0.15, 0.2) is 72.6 Å². The zero-order valence-electron chi connectivity index (χ0n) is 22.6. The summed E-state index contributed by atoms with van der Waals surface area (Å²) in [6, 6.07) is 14.8. The largest absolute Gasteiger partial charge is 0.393 e. The van der Waals surface area contributed by atoms with Gasteiger partial charge in [0.1, 0.15) is 11.5 Å². The van der Waals surface area contributed by atoms with Crippen molar-refractivity contribution in [3.8, 4) is 11.1 Å². The summed E-state index contributed by atoms with van der Waals surface area (Å²) >= 11 is 0. The van der Waals surface area contributed by atoms with Gasteiger partial charge in [0.25, 0.3) is 5.91 Å². The maximum absolute atomic E-state index is 13.9. The minimum absolute atomic E-state index is 0.0932. The number of hydrogen-bond acceptors (Lipinski definition) is 3. The number of benzene rings is 2. The first-order chi connectivity index (χ1) is 18.5. The second-order valence-corrected chi connectivity index (χ2v) is 11.5. The summed E-state index contributed by atoms with van der Waals surface area (Å²) in [5.74, 6) is 1.69. The average Bonchev–Trinajstić information content (AvgIpc) is 3.20. The van der Waals surface area contributed by atoms with Crippen LogP contribution in [0, 0.1) is 23.6 Å². The number of hydrogen-bond donors (Lipinski definition) is 1. The van der Waals surface area contributed by atoms with E-state index in [0.717, 1.165) is 74.0 Å². The van der Waals surface area contributed by atoms with Crippen molar-refractivity contribution in [3.05, 3.63) is 84.0 Å². The van der Waals surface area contributed by atoms with Gasteiger partial charge in [-0.3, -0.25) is 4.79 Å². The Hall–Kier alpha value is -2.92. The summed E-state index contributed by atoms with van der Waals surface area (Å²) in [4.78, 5) is 18.0. The average molecular weight is 517 g/mol. The van der Waals surface area contributed by atoms with Crippen molar-refractivity contribution in [2.45, 2.75) is 70.9 Å². The summed E-state index contributed by atoms with van der Waals surface area (Å²) in [5, 5.41) is 9.85. The predicted octanol–water partition coefficient (Wildman–Crippen LogP) is 6.91. The van der Waals surface area contributed by atoms with E-state index >= 15 is 0 Å². The number of allylic oxidation sites excluding steroid dienone is 2. The number of aliphatic hydroxyl groups excluding tert-OH is 1. The van der Waals surface area contributed by atoms with Gasteiger partial charge in [-0.15, -0.1) is 0 Å². The van der Waals surface area contributed by atoms with Crippen molar-refractivity contribution >= 4 is 5.91 Å². The zero-order valence-corrected chi connectivity index (χ0v) is 22.6. The molecule has 0 bridgehead atoms. The van der Waals surface area contributed by atoms with Crippen molar-refractivity contribution in [3.63, 3.8) is 0 Å². The Labute approximate surface area is 226 Å². The first kappa shape index (κ1) is 26.7. The Bertz CT molecular complexity index is 1160. The molecule has 5 rings (SSSR count). The zero-order chi connectivity index (χ0) is 26.5. The fourth-order valence-corrected chi connectivity index (χ4v) is 6.55. The Morgan fingerprint density at radius 1 is 1.03 bits per heavy atom. The van der Waals surface area contributed by atoms with Crippen LogP contribution in [0.4, 0.5) is 4.39 Å². The Balaban J connectivity index is 1.25. The fraction of sp³-hybridized carbons (Fsp3) is 0.485. The molecule has 4 nitrogen and oxygen atoms in total. The van der Waals surface area contributed by atoms with E-state index in [-0.39, 0.29) is 17.8 Å². The van der Waals surface area contributed by atoms with Gasteiger partial charge in [0.05, 0.1) is 6.10 Å². The minimum atomic E-state index is -0.243. The molecule has 0 aromatic heterocycles. The van der Waals surface area contributed by atoms with Gasteiger partial charge in [-0.2, -0.15) is 0 Å². The maximum atomic E-state index is 13.9. The number of piperidine rings is 1. The lowest BCUT2D eigenvalue weighted by atomic mass is 9.81. The Morgan fingerprint density at radius 3 is 2.61 bits per heavy atom. The molecule has 2 aromatic carbocycles. The standard InChI is InChI=1S/C33H41FN2O2/c1-24-22-36(20-18-26(24)12-10-25-11-17-30(37)21-25)33(38)32-9-3-2-6-19-35(32)23-28-7-4-5-8-31(28)27-13-15-29(34)16-14-27/h4-9,13-16,19,24-26,30,37H,2-3,10-12,17-18,20-23H2,1H3. The molecule has 2 fully saturated rings. The summed E-state index contributed by atoms with van der Waals surface area (Å²) < 4.78 is 13.5. The lowest BCUT2D eigenvalue weighted by Gasteiger charge is -2.39. The lowest BCUT2D eigenvalue weighted by Crippen LogP contribution is -2.45. The normalized spacial score (nSPS) is 25.8. The molecular weight excluding hydrogens is 475 g/mol. The summed E-state index contributed by atoms with van der Waals surface area (Å²) in [6.45, 7) is 4.49. The highest BCUT2D eigenvalue weighted by Crippen LogP contribution is 2.35. The molecule has 2 aromatic rings. The molecule has 4 atom stereocenters. The first-order valence-corrected chi connectivity index (χ1v) is 14.4. The molecule has 1 saturated carbocycles. The van der Waals surface area contributed by atoms with Crippen LogP contribution in [0.5, 0.6) is 0 Å². The number of nitrogens with zero attached hydrogens (tertiary/aromatic N) is 2. The van der Waals surface area contributed by atoms with Crippen LogP contribution in [-0.4, -0.2) is 40.0 Å². The number of amides is 1. The summed E-state index contributed by atoms with van der Waals surface area (Å²) in [6.07, 6.45) is 14.5. The molecule has 5 heteroatoms. The molecular formula is C33H41FN2O2. The van der Waals surface area contributed by atoms with Crippen LogP contribution in [0.2, 0.25) is 0 Å². The number of carbonyl (C=O) groups is 1. The lowest BCUT2D eigenvalue weighted by molar-refractivity contribution is -0.131. The topological polar surface area (TPSA) is 43.8 Å². The van der Waals surface area contributed by atoms with E-state index < -0.39 is 0 Å². The van der Waals surface area contributed by atoms with Gasteiger partial charge in [-0.25, -0.2) is 4.39 Å². The first-order valence-electron chi connectivity index (χ1n) is 14.4. The highest BCUT2D eigenvalue weighted by Gasteiger charge is 2.32. The van der Waals surface area contributed by atoms with Gasteiger partial charge in [0.2, 0.25) is 0 Å². The molecule has 1 saturated heterocycles. The third-order valence-electron chi connectivity index (χ3n) is 8.83. The molecule has 1 aliphatic carbocycles. The van der Waals surface area contributed by atoms with E-state index in [1.165, 1.54) is 25.0 Å². The molecule has 2 heterocycles. The summed E-state index contributed by atoms with van der Waals surface area (Å²) in [5.41, 5.74) is 3.90. The molecule has 202 valence electrons. The third-order valence-corrected chi connectivity index (χ3v) is 8.83. The van der Waals surface area contributed by atoms with E-state index in [0.29, 0.717) is 24.3 Å². The van der Waals surface area contributed by atoms with Gasteiger partial charge in [0.15, 0.2) is 0 Å². The minimum Gasteiger partial charge on any atom is -0.393 e. The predicted molar refractivity (Wildman–Crippen MR) is 150 cm³/mol. The van der Waals surface area contributed by atoms with Crippen molar-refractivity contribution in [1.82, 2.24) is 9.80 Å². The van der Waals surface area contributed by atoms with E-state index in [1.807, 2.05) is 24.3 Å². The molecule has 4 unspecified atom stereocenters. The monoisotopic (exact) mass is 516 g/mol. The van der Waals surface area contributed by atoms with Crippen molar-refractivity contribution in [2.75, 3.05) is 13.1 Å². The molecule has 1 amide bonds. The van der Waals surface area contributed by atoms with E-state index in [1.54, 1.807) is 0 Å². The van der Waals surface area contributed by atoms with Crippen LogP contribution in [0.3, 0.4) is 0 Å². The Kier molecular flexibility index (Phi) is 8.63. The smallest absolute Gasteiger partial charge is 0.270 e. The van der Waals surface area contributed by atoms with Gasteiger partial charge in [-0.05, 0) is 91.5 Å². The number of likely N-dealkylation sites (tertiary alicyclic amines) is 1. The van der Waals surface area contributed by atoms with Crippen LogP contribution in [-0.2, 0) is 11.3 Å². The molecule has 38 heavy (non-hydrogen) atoms. The molecule has 2 aliphatic heterocycles. The number of aliphatic hydroxyl groups is 1. The van der Waals surface area contributed by atoms with Gasteiger partial charge in [0, 0.05) is 25.8 Å². The molecule has 1 N–H and O–H groups in total. The quantitative estimate of drug-likeness (QED) is 0.435. The van der Waals surface area contributed by atoms with Crippen LogP contribution >= 0.6 is 0 Å². The second-order valence-electron chi connectivity index (χ2n) is 11.5. The highest BCUT2D eigenvalue weighted by atomic mass is 19.1. The molecule has 0 radical (unpaired) electrons. The fourth-order valence-electron chi connectivity index (χ4n) is 6.55. The molecule has 0 spiro atoms. The van der Waals surface area contributed by atoms with Crippen molar-refractivity contribution in [2.24, 2.45) is 17.8 Å². The number of carbonyl (C=O) groups excluding carboxylic acids is 1. The van der Waals surface area contributed by atoms with Gasteiger partial charge in [-0.1, -0.05) is 61.9 Å². The number of halogens is 1. The molecule has 3 aliphatic rings. The van der Waals surface area contributed by atoms with Crippen molar-refractivity contribution < 1.29 is 14.3 Å². The van der Waals surface area contributed by atoms with Gasteiger partial charge < -0.3 is 14.9 Å². The SMILES string of the molecule is CC1CN(C(=O)C2=CCCC=CN2Cc2ccccc2-c2ccc(F)cc2)CCC1CCC1CCC(O)C1. The van der Waals surface area contributed by atoms with E-state index in [2.05, 4.69) is 47.2 Å². The van der Waals surface area contributed by atoms with E-state index in [4.69, 9.17) is 0 Å². The highest BCUT2D eigenvalue weighted by molar-refractivity contribution is 5.93. The third kappa shape index (κ3) is 6.37.